The summed E-state index contributed by atoms with van der Waals surface area (Å²) >= 11 is 0. The predicted molar refractivity (Wildman–Crippen MR) is 108 cm³/mol. The minimum atomic E-state index is -0.969. The summed E-state index contributed by atoms with van der Waals surface area (Å²) in [6.07, 6.45) is 1.58. The van der Waals surface area contributed by atoms with Crippen LogP contribution in [0.25, 0.3) is 11.1 Å². The molecule has 0 saturated carbocycles. The second kappa shape index (κ2) is 8.66. The summed E-state index contributed by atoms with van der Waals surface area (Å²) in [5.74, 6) is -1.000. The lowest BCUT2D eigenvalue weighted by Crippen LogP contribution is -2.47. The second-order valence-corrected chi connectivity index (χ2v) is 7.58. The fraction of sp³-hybridized carbons (Fsp3) is 0.391. The second-order valence-electron chi connectivity index (χ2n) is 7.58. The Hall–Kier alpha value is -2.86. The number of ether oxygens (including phenoxy) is 2. The molecule has 1 saturated heterocycles. The van der Waals surface area contributed by atoms with E-state index in [-0.39, 0.29) is 25.0 Å². The van der Waals surface area contributed by atoms with Crippen molar-refractivity contribution < 1.29 is 24.2 Å². The Labute approximate surface area is 169 Å². The van der Waals surface area contributed by atoms with Crippen molar-refractivity contribution in [3.63, 3.8) is 0 Å². The third-order valence-corrected chi connectivity index (χ3v) is 5.71. The number of rotatable bonds is 6. The Balaban J connectivity index is 1.43. The number of amides is 1. The molecule has 6 nitrogen and oxygen atoms in total. The molecule has 0 bridgehead atoms. The highest BCUT2D eigenvalue weighted by Crippen LogP contribution is 2.44. The molecule has 1 heterocycles. The summed E-state index contributed by atoms with van der Waals surface area (Å²) in [4.78, 5) is 23.7. The number of carboxylic acids is 1. The van der Waals surface area contributed by atoms with Crippen LogP contribution in [-0.2, 0) is 14.3 Å². The molecule has 2 aromatic rings. The largest absolute Gasteiger partial charge is 0.481 e. The van der Waals surface area contributed by atoms with Crippen molar-refractivity contribution in [2.45, 2.75) is 43.7 Å². The zero-order valence-corrected chi connectivity index (χ0v) is 16.2. The van der Waals surface area contributed by atoms with Gasteiger partial charge in [0, 0.05) is 12.5 Å². The van der Waals surface area contributed by atoms with Gasteiger partial charge < -0.3 is 19.9 Å². The van der Waals surface area contributed by atoms with Crippen molar-refractivity contribution in [2.24, 2.45) is 0 Å². The topological polar surface area (TPSA) is 84.9 Å². The van der Waals surface area contributed by atoms with Crippen LogP contribution in [0.4, 0.5) is 4.79 Å². The van der Waals surface area contributed by atoms with E-state index in [1.165, 1.54) is 0 Å². The van der Waals surface area contributed by atoms with Crippen molar-refractivity contribution >= 4 is 12.1 Å². The third-order valence-electron chi connectivity index (χ3n) is 5.71. The zero-order valence-electron chi connectivity index (χ0n) is 16.2. The Morgan fingerprint density at radius 2 is 1.72 bits per heavy atom. The van der Waals surface area contributed by atoms with E-state index < -0.39 is 18.1 Å². The van der Waals surface area contributed by atoms with Crippen molar-refractivity contribution in [2.75, 3.05) is 13.2 Å². The lowest BCUT2D eigenvalue weighted by Gasteiger charge is -2.30. The maximum atomic E-state index is 12.5. The maximum Gasteiger partial charge on any atom is 0.407 e. The van der Waals surface area contributed by atoms with E-state index in [4.69, 9.17) is 9.47 Å². The highest BCUT2D eigenvalue weighted by atomic mass is 16.5. The van der Waals surface area contributed by atoms with Crippen LogP contribution in [-0.4, -0.2) is 42.5 Å². The highest BCUT2D eigenvalue weighted by molar-refractivity contribution is 5.79. The van der Waals surface area contributed by atoms with Gasteiger partial charge in [-0.1, -0.05) is 48.5 Å². The van der Waals surface area contributed by atoms with Crippen LogP contribution < -0.4 is 5.32 Å². The summed E-state index contributed by atoms with van der Waals surface area (Å²) in [5, 5.41) is 11.9. The third kappa shape index (κ3) is 4.27. The minimum Gasteiger partial charge on any atom is -0.481 e. The molecule has 1 fully saturated rings. The van der Waals surface area contributed by atoms with E-state index in [0.717, 1.165) is 41.5 Å². The molecule has 152 valence electrons. The number of benzene rings is 2. The van der Waals surface area contributed by atoms with Crippen LogP contribution in [0, 0.1) is 0 Å². The average Bonchev–Trinajstić information content (AvgIpc) is 3.06. The van der Waals surface area contributed by atoms with Crippen LogP contribution in [0.15, 0.2) is 48.5 Å². The Morgan fingerprint density at radius 3 is 2.31 bits per heavy atom. The van der Waals surface area contributed by atoms with E-state index >= 15 is 0 Å². The SMILES string of the molecule is O=C(O)C[C@@H](NC(=O)OCC1c2ccccc2-c2ccccc21)C1CCCCO1. The van der Waals surface area contributed by atoms with Gasteiger partial charge in [-0.15, -0.1) is 0 Å². The zero-order chi connectivity index (χ0) is 20.2. The minimum absolute atomic E-state index is 0.0306. The van der Waals surface area contributed by atoms with Gasteiger partial charge in [-0.05, 0) is 41.5 Å². The lowest BCUT2D eigenvalue weighted by atomic mass is 9.98. The fourth-order valence-electron chi connectivity index (χ4n) is 4.34. The van der Waals surface area contributed by atoms with Gasteiger partial charge in [-0.25, -0.2) is 4.79 Å². The fourth-order valence-corrected chi connectivity index (χ4v) is 4.34. The molecule has 0 aromatic heterocycles. The van der Waals surface area contributed by atoms with Gasteiger partial charge in [0.05, 0.1) is 18.6 Å². The summed E-state index contributed by atoms with van der Waals surface area (Å²) in [6, 6.07) is 15.7. The van der Waals surface area contributed by atoms with Gasteiger partial charge in [-0.2, -0.15) is 0 Å². The number of aliphatic carboxylic acids is 1. The molecular weight excluding hydrogens is 370 g/mol. The number of fused-ring (bicyclic) bond motifs is 3. The van der Waals surface area contributed by atoms with E-state index in [2.05, 4.69) is 29.6 Å². The van der Waals surface area contributed by atoms with Crippen molar-refractivity contribution in [1.82, 2.24) is 5.32 Å². The van der Waals surface area contributed by atoms with Gasteiger partial charge in [0.15, 0.2) is 0 Å². The van der Waals surface area contributed by atoms with E-state index in [9.17, 15) is 14.7 Å². The number of carboxylic acid groups (broad SMARTS) is 1. The van der Waals surface area contributed by atoms with E-state index in [1.54, 1.807) is 0 Å². The van der Waals surface area contributed by atoms with Crippen LogP contribution in [0.5, 0.6) is 0 Å². The molecule has 0 radical (unpaired) electrons. The smallest absolute Gasteiger partial charge is 0.407 e. The van der Waals surface area contributed by atoms with Gasteiger partial charge in [0.2, 0.25) is 0 Å². The van der Waals surface area contributed by atoms with Crippen LogP contribution in [0.2, 0.25) is 0 Å². The Morgan fingerprint density at radius 1 is 1.07 bits per heavy atom. The molecule has 1 aliphatic carbocycles. The first-order chi connectivity index (χ1) is 14.1. The van der Waals surface area contributed by atoms with E-state index in [0.29, 0.717) is 6.61 Å². The number of carbonyl (C=O) groups excluding carboxylic acids is 1. The molecule has 4 rings (SSSR count). The summed E-state index contributed by atoms with van der Waals surface area (Å²) in [7, 11) is 0. The summed E-state index contributed by atoms with van der Waals surface area (Å²) in [6.45, 7) is 0.790. The predicted octanol–water partition coefficient (Wildman–Crippen LogP) is 3.94. The van der Waals surface area contributed by atoms with Gasteiger partial charge in [0.25, 0.3) is 0 Å². The number of hydrogen-bond donors (Lipinski definition) is 2. The first kappa shape index (κ1) is 19.5. The molecule has 2 atom stereocenters. The first-order valence-electron chi connectivity index (χ1n) is 10.1. The number of alkyl carbamates (subject to hydrolysis) is 1. The standard InChI is InChI=1S/C23H25NO5/c25-22(26)13-20(21-11-5-6-12-28-21)24-23(27)29-14-19-17-9-3-1-7-15(17)16-8-2-4-10-18(16)19/h1-4,7-10,19-21H,5-6,11-14H2,(H,24,27)(H,25,26)/t20-,21?/m1/s1. The molecule has 2 aliphatic rings. The molecule has 2 aromatic carbocycles. The van der Waals surface area contributed by atoms with Crippen LogP contribution >= 0.6 is 0 Å². The molecule has 1 amide bonds. The number of hydrogen-bond acceptors (Lipinski definition) is 4. The molecule has 2 N–H and O–H groups in total. The Bertz CT molecular complexity index is 845. The molecular formula is C23H25NO5. The monoisotopic (exact) mass is 395 g/mol. The first-order valence-corrected chi connectivity index (χ1v) is 10.1. The van der Waals surface area contributed by atoms with Gasteiger partial charge in [-0.3, -0.25) is 4.79 Å². The van der Waals surface area contributed by atoms with Crippen molar-refractivity contribution in [3.05, 3.63) is 59.7 Å². The molecule has 1 aliphatic heterocycles. The summed E-state index contributed by atoms with van der Waals surface area (Å²) in [5.41, 5.74) is 4.60. The van der Waals surface area contributed by atoms with Gasteiger partial charge >= 0.3 is 12.1 Å². The van der Waals surface area contributed by atoms with Crippen LogP contribution in [0.1, 0.15) is 42.7 Å². The quantitative estimate of drug-likeness (QED) is 0.774. The number of carbonyl (C=O) groups is 2. The van der Waals surface area contributed by atoms with Gasteiger partial charge in [0.1, 0.15) is 6.61 Å². The highest BCUT2D eigenvalue weighted by Gasteiger charge is 2.31. The lowest BCUT2D eigenvalue weighted by molar-refractivity contribution is -0.138. The maximum absolute atomic E-state index is 12.5. The molecule has 0 spiro atoms. The van der Waals surface area contributed by atoms with E-state index in [1.807, 2.05) is 24.3 Å². The van der Waals surface area contributed by atoms with Crippen LogP contribution in [0.3, 0.4) is 0 Å². The number of nitrogens with one attached hydrogen (secondary N) is 1. The normalized spacial score (nSPS) is 19.1. The molecule has 1 unspecified atom stereocenters. The van der Waals surface area contributed by atoms with Crippen molar-refractivity contribution in [3.8, 4) is 11.1 Å². The molecule has 29 heavy (non-hydrogen) atoms. The van der Waals surface area contributed by atoms with Crippen molar-refractivity contribution in [1.29, 1.82) is 0 Å². The molecule has 6 heteroatoms. The summed E-state index contributed by atoms with van der Waals surface area (Å²) < 4.78 is 11.2. The Kier molecular flexibility index (Phi) is 5.81. The average molecular weight is 395 g/mol.